The van der Waals surface area contributed by atoms with Gasteiger partial charge >= 0.3 is 0 Å². The van der Waals surface area contributed by atoms with Gasteiger partial charge < -0.3 is 15.4 Å². The lowest BCUT2D eigenvalue weighted by Crippen LogP contribution is -2.40. The molecule has 0 saturated carbocycles. The van der Waals surface area contributed by atoms with Gasteiger partial charge in [-0.3, -0.25) is 4.79 Å². The Labute approximate surface area is 95.0 Å². The van der Waals surface area contributed by atoms with Crippen molar-refractivity contribution in [2.75, 3.05) is 26.3 Å². The number of morpholine rings is 1. The summed E-state index contributed by atoms with van der Waals surface area (Å²) in [5, 5.41) is 0. The van der Waals surface area contributed by atoms with Crippen LogP contribution in [0.25, 0.3) is 0 Å². The van der Waals surface area contributed by atoms with Gasteiger partial charge in [0.15, 0.2) is 0 Å². The van der Waals surface area contributed by atoms with Gasteiger partial charge in [-0.2, -0.15) is 0 Å². The lowest BCUT2D eigenvalue weighted by Gasteiger charge is -2.27. The Morgan fingerprint density at radius 1 is 1.38 bits per heavy atom. The lowest BCUT2D eigenvalue weighted by atomic mass is 10.1. The summed E-state index contributed by atoms with van der Waals surface area (Å²) >= 11 is 0. The van der Waals surface area contributed by atoms with Crippen LogP contribution >= 0.6 is 0 Å². The van der Waals surface area contributed by atoms with Crippen molar-refractivity contribution >= 4 is 5.91 Å². The third kappa shape index (κ3) is 2.40. The summed E-state index contributed by atoms with van der Waals surface area (Å²) < 4.78 is 5.22. The van der Waals surface area contributed by atoms with Crippen LogP contribution in [0.3, 0.4) is 0 Å². The number of amides is 1. The number of rotatable bonds is 2. The Morgan fingerprint density at radius 3 is 2.81 bits per heavy atom. The molecule has 1 amide bonds. The van der Waals surface area contributed by atoms with Gasteiger partial charge in [0.05, 0.1) is 13.2 Å². The molecule has 1 aromatic rings. The highest BCUT2D eigenvalue weighted by Gasteiger charge is 2.18. The van der Waals surface area contributed by atoms with Gasteiger partial charge in [0.2, 0.25) is 0 Å². The minimum absolute atomic E-state index is 0.0681. The van der Waals surface area contributed by atoms with Gasteiger partial charge in [0.25, 0.3) is 5.91 Å². The van der Waals surface area contributed by atoms with E-state index in [2.05, 4.69) is 0 Å². The molecular weight excluding hydrogens is 204 g/mol. The summed E-state index contributed by atoms with van der Waals surface area (Å²) in [6.45, 7) is 3.06. The molecule has 0 atom stereocenters. The molecule has 4 nitrogen and oxygen atoms in total. The quantitative estimate of drug-likeness (QED) is 0.794. The van der Waals surface area contributed by atoms with Crippen LogP contribution in [0.2, 0.25) is 0 Å². The zero-order valence-corrected chi connectivity index (χ0v) is 9.19. The second kappa shape index (κ2) is 5.09. The van der Waals surface area contributed by atoms with Gasteiger partial charge in [-0.05, 0) is 17.7 Å². The van der Waals surface area contributed by atoms with Crippen LogP contribution in [-0.2, 0) is 11.3 Å². The van der Waals surface area contributed by atoms with E-state index in [1.807, 2.05) is 29.2 Å². The first-order valence-electron chi connectivity index (χ1n) is 5.47. The van der Waals surface area contributed by atoms with Gasteiger partial charge in [-0.1, -0.05) is 12.1 Å². The summed E-state index contributed by atoms with van der Waals surface area (Å²) in [6.07, 6.45) is 0. The molecule has 0 spiro atoms. The van der Waals surface area contributed by atoms with Crippen LogP contribution in [0.5, 0.6) is 0 Å². The summed E-state index contributed by atoms with van der Waals surface area (Å²) in [7, 11) is 0. The van der Waals surface area contributed by atoms with E-state index >= 15 is 0 Å². The molecule has 2 N–H and O–H groups in total. The zero-order chi connectivity index (χ0) is 11.4. The minimum atomic E-state index is 0.0681. The Bertz CT molecular complexity index is 373. The highest BCUT2D eigenvalue weighted by Crippen LogP contribution is 2.09. The maximum absolute atomic E-state index is 12.1. The molecule has 86 valence electrons. The van der Waals surface area contributed by atoms with E-state index in [-0.39, 0.29) is 5.91 Å². The number of nitrogens with zero attached hydrogens (tertiary/aromatic N) is 1. The molecule has 1 aliphatic rings. The van der Waals surface area contributed by atoms with Gasteiger partial charge in [0.1, 0.15) is 0 Å². The average Bonchev–Trinajstić information content (AvgIpc) is 2.39. The molecular formula is C12H16N2O2. The molecule has 0 aromatic heterocycles. The second-order valence-corrected chi connectivity index (χ2v) is 3.81. The third-order valence-corrected chi connectivity index (χ3v) is 2.71. The third-order valence-electron chi connectivity index (χ3n) is 2.71. The van der Waals surface area contributed by atoms with E-state index in [9.17, 15) is 4.79 Å². The Balaban J connectivity index is 2.12. The highest BCUT2D eigenvalue weighted by molar-refractivity contribution is 5.94. The molecule has 1 fully saturated rings. The fraction of sp³-hybridized carbons (Fsp3) is 0.417. The van der Waals surface area contributed by atoms with Crippen molar-refractivity contribution in [1.29, 1.82) is 0 Å². The van der Waals surface area contributed by atoms with Crippen LogP contribution in [0, 0.1) is 0 Å². The maximum Gasteiger partial charge on any atom is 0.254 e. The normalized spacial score (nSPS) is 16.2. The van der Waals surface area contributed by atoms with Crippen LogP contribution in [0.15, 0.2) is 24.3 Å². The van der Waals surface area contributed by atoms with Crippen LogP contribution in [0.1, 0.15) is 15.9 Å². The molecule has 2 rings (SSSR count). The van der Waals surface area contributed by atoms with Gasteiger partial charge in [-0.25, -0.2) is 0 Å². The van der Waals surface area contributed by atoms with Crippen molar-refractivity contribution in [1.82, 2.24) is 4.90 Å². The van der Waals surface area contributed by atoms with E-state index < -0.39 is 0 Å². The largest absolute Gasteiger partial charge is 0.378 e. The molecule has 1 aliphatic heterocycles. The Hall–Kier alpha value is -1.39. The van der Waals surface area contributed by atoms with Gasteiger partial charge in [-0.15, -0.1) is 0 Å². The Kier molecular flexibility index (Phi) is 3.54. The molecule has 1 aromatic carbocycles. The number of benzene rings is 1. The first-order chi connectivity index (χ1) is 7.81. The SMILES string of the molecule is NCc1cccc(C(=O)N2CCOCC2)c1. The van der Waals surface area contributed by atoms with Crippen molar-refractivity contribution in [3.63, 3.8) is 0 Å². The van der Waals surface area contributed by atoms with E-state index in [0.29, 0.717) is 38.4 Å². The standard InChI is InChI=1S/C12H16N2O2/c13-9-10-2-1-3-11(8-10)12(15)14-4-6-16-7-5-14/h1-3,8H,4-7,9,13H2. The summed E-state index contributed by atoms with van der Waals surface area (Å²) in [5.74, 6) is 0.0681. The molecule has 0 unspecified atom stereocenters. The lowest BCUT2D eigenvalue weighted by molar-refractivity contribution is 0.0303. The number of hydrogen-bond acceptors (Lipinski definition) is 3. The maximum atomic E-state index is 12.1. The topological polar surface area (TPSA) is 55.6 Å². The number of carbonyl (C=O) groups excluding carboxylic acids is 1. The van der Waals surface area contributed by atoms with E-state index in [0.717, 1.165) is 5.56 Å². The molecule has 16 heavy (non-hydrogen) atoms. The highest BCUT2D eigenvalue weighted by atomic mass is 16.5. The van der Waals surface area contributed by atoms with Crippen molar-refractivity contribution in [2.24, 2.45) is 5.73 Å². The monoisotopic (exact) mass is 220 g/mol. The molecule has 0 aliphatic carbocycles. The first-order valence-corrected chi connectivity index (χ1v) is 5.47. The molecule has 0 bridgehead atoms. The van der Waals surface area contributed by atoms with E-state index in [4.69, 9.17) is 10.5 Å². The smallest absolute Gasteiger partial charge is 0.254 e. The minimum Gasteiger partial charge on any atom is -0.378 e. The van der Waals surface area contributed by atoms with E-state index in [1.165, 1.54) is 0 Å². The van der Waals surface area contributed by atoms with Crippen molar-refractivity contribution in [3.05, 3.63) is 35.4 Å². The predicted molar refractivity (Wildman–Crippen MR) is 61.1 cm³/mol. The fourth-order valence-corrected chi connectivity index (χ4v) is 1.78. The molecule has 4 heteroatoms. The van der Waals surface area contributed by atoms with Crippen LogP contribution < -0.4 is 5.73 Å². The van der Waals surface area contributed by atoms with Crippen molar-refractivity contribution in [2.45, 2.75) is 6.54 Å². The Morgan fingerprint density at radius 2 is 2.12 bits per heavy atom. The van der Waals surface area contributed by atoms with Crippen LogP contribution in [-0.4, -0.2) is 37.1 Å². The number of nitrogens with two attached hydrogens (primary N) is 1. The summed E-state index contributed by atoms with van der Waals surface area (Å²) in [6, 6.07) is 7.49. The molecule has 0 radical (unpaired) electrons. The zero-order valence-electron chi connectivity index (χ0n) is 9.19. The fourth-order valence-electron chi connectivity index (χ4n) is 1.78. The van der Waals surface area contributed by atoms with Gasteiger partial charge in [0, 0.05) is 25.2 Å². The van der Waals surface area contributed by atoms with Crippen molar-refractivity contribution < 1.29 is 9.53 Å². The van der Waals surface area contributed by atoms with Crippen LogP contribution in [0.4, 0.5) is 0 Å². The number of hydrogen-bond donors (Lipinski definition) is 1. The molecule has 1 heterocycles. The number of carbonyl (C=O) groups is 1. The predicted octanol–water partition coefficient (Wildman–Crippen LogP) is 0.618. The summed E-state index contributed by atoms with van der Waals surface area (Å²) in [5.41, 5.74) is 7.25. The molecule has 1 saturated heterocycles. The van der Waals surface area contributed by atoms with E-state index in [1.54, 1.807) is 0 Å². The van der Waals surface area contributed by atoms with Crippen molar-refractivity contribution in [3.8, 4) is 0 Å². The second-order valence-electron chi connectivity index (χ2n) is 3.81. The average molecular weight is 220 g/mol. The first kappa shape index (κ1) is 11.1. The summed E-state index contributed by atoms with van der Waals surface area (Å²) in [4.78, 5) is 13.9. The number of ether oxygens (including phenoxy) is 1.